The van der Waals surface area contributed by atoms with E-state index in [-0.39, 0.29) is 0 Å². The first-order valence-electron chi connectivity index (χ1n) is 19.9. The van der Waals surface area contributed by atoms with E-state index in [0.29, 0.717) is 17.5 Å². The molecule has 0 unspecified atom stereocenters. The predicted octanol–water partition coefficient (Wildman–Crippen LogP) is 13.3. The van der Waals surface area contributed by atoms with E-state index >= 15 is 0 Å². The zero-order valence-corrected chi connectivity index (χ0v) is 32.3. The van der Waals surface area contributed by atoms with Gasteiger partial charge in [0.1, 0.15) is 0 Å². The van der Waals surface area contributed by atoms with Gasteiger partial charge in [0.05, 0.1) is 5.41 Å². The van der Waals surface area contributed by atoms with Crippen molar-refractivity contribution in [1.82, 2.24) is 15.0 Å². The normalized spacial score (nSPS) is 12.8. The third kappa shape index (κ3) is 5.26. The zero-order chi connectivity index (χ0) is 38.8. The van der Waals surface area contributed by atoms with Crippen molar-refractivity contribution in [3.63, 3.8) is 0 Å². The number of aryl methyl sites for hydroxylation is 2. The van der Waals surface area contributed by atoms with E-state index < -0.39 is 5.41 Å². The summed E-state index contributed by atoms with van der Waals surface area (Å²) in [5, 5.41) is 0. The van der Waals surface area contributed by atoms with Gasteiger partial charge in [-0.2, -0.15) is 0 Å². The monoisotopic (exact) mass is 742 g/mol. The Hall–Kier alpha value is -7.43. The summed E-state index contributed by atoms with van der Waals surface area (Å²) in [7, 11) is 0. The molecule has 8 aromatic carbocycles. The maximum atomic E-state index is 5.17. The third-order valence-corrected chi connectivity index (χ3v) is 11.8. The molecule has 0 fully saturated rings. The summed E-state index contributed by atoms with van der Waals surface area (Å²) in [6.45, 7) is 4.30. The van der Waals surface area contributed by atoms with Crippen LogP contribution in [-0.4, -0.2) is 15.0 Å². The number of fused-ring (bicyclic) bond motifs is 10. The van der Waals surface area contributed by atoms with Crippen LogP contribution in [0.25, 0.3) is 56.4 Å². The fourth-order valence-electron chi connectivity index (χ4n) is 9.25. The molecule has 58 heavy (non-hydrogen) atoms. The average molecular weight is 743 g/mol. The molecule has 0 saturated heterocycles. The van der Waals surface area contributed by atoms with E-state index in [2.05, 4.69) is 176 Å². The first kappa shape index (κ1) is 33.9. The molecule has 0 aliphatic heterocycles. The number of nitrogens with zero attached hydrogens (tertiary/aromatic N) is 4. The van der Waals surface area contributed by atoms with Crippen LogP contribution in [0.15, 0.2) is 194 Å². The number of rotatable bonds is 6. The molecule has 1 aromatic heterocycles. The van der Waals surface area contributed by atoms with Crippen LogP contribution >= 0.6 is 0 Å². The molecular formula is C54H38N4. The summed E-state index contributed by atoms with van der Waals surface area (Å²) in [4.78, 5) is 17.7. The molecule has 0 radical (unpaired) electrons. The highest BCUT2D eigenvalue weighted by molar-refractivity contribution is 5.97. The van der Waals surface area contributed by atoms with Crippen LogP contribution < -0.4 is 4.90 Å². The number of hydrogen-bond acceptors (Lipinski definition) is 4. The Bertz CT molecular complexity index is 2920. The largest absolute Gasteiger partial charge is 0.310 e. The van der Waals surface area contributed by atoms with E-state index in [1.165, 1.54) is 55.6 Å². The first-order valence-corrected chi connectivity index (χ1v) is 19.9. The molecule has 0 saturated carbocycles. The fraction of sp³-hybridized carbons (Fsp3) is 0.0556. The summed E-state index contributed by atoms with van der Waals surface area (Å²) < 4.78 is 0. The van der Waals surface area contributed by atoms with E-state index in [9.17, 15) is 0 Å². The lowest BCUT2D eigenvalue weighted by molar-refractivity contribution is 0.793. The lowest BCUT2D eigenvalue weighted by Crippen LogP contribution is -2.26. The van der Waals surface area contributed by atoms with Gasteiger partial charge in [0, 0.05) is 33.8 Å². The first-order chi connectivity index (χ1) is 28.6. The van der Waals surface area contributed by atoms with E-state index in [1.54, 1.807) is 0 Å². The molecule has 0 amide bonds. The molecule has 4 nitrogen and oxygen atoms in total. The highest BCUT2D eigenvalue weighted by Gasteiger charge is 2.52. The molecule has 0 bridgehead atoms. The zero-order valence-electron chi connectivity index (χ0n) is 32.3. The molecule has 2 aliphatic rings. The van der Waals surface area contributed by atoms with Crippen LogP contribution in [0.1, 0.15) is 33.4 Å². The summed E-state index contributed by atoms with van der Waals surface area (Å²) >= 11 is 0. The van der Waals surface area contributed by atoms with Crippen molar-refractivity contribution in [3.05, 3.63) is 228 Å². The van der Waals surface area contributed by atoms with Crippen molar-refractivity contribution < 1.29 is 0 Å². The summed E-state index contributed by atoms with van der Waals surface area (Å²) in [6.07, 6.45) is 0. The predicted molar refractivity (Wildman–Crippen MR) is 237 cm³/mol. The minimum absolute atomic E-state index is 0.576. The molecule has 2 aliphatic carbocycles. The van der Waals surface area contributed by atoms with Gasteiger partial charge in [-0.05, 0) is 106 Å². The molecule has 274 valence electrons. The molecule has 1 heterocycles. The molecule has 4 heteroatoms. The van der Waals surface area contributed by atoms with Crippen LogP contribution in [0.3, 0.4) is 0 Å². The lowest BCUT2D eigenvalue weighted by Gasteiger charge is -2.32. The van der Waals surface area contributed by atoms with E-state index in [4.69, 9.17) is 15.0 Å². The number of hydrogen-bond donors (Lipinski definition) is 0. The third-order valence-electron chi connectivity index (χ3n) is 11.8. The summed E-state index contributed by atoms with van der Waals surface area (Å²) in [5.74, 6) is 1.94. The maximum Gasteiger partial charge on any atom is 0.164 e. The summed E-state index contributed by atoms with van der Waals surface area (Å²) in [6, 6.07) is 69.8. The number of anilines is 3. The second-order valence-corrected chi connectivity index (χ2v) is 15.4. The molecule has 0 N–H and O–H groups in total. The second kappa shape index (κ2) is 13.4. The van der Waals surface area contributed by atoms with Crippen LogP contribution in [0.4, 0.5) is 17.1 Å². The van der Waals surface area contributed by atoms with Gasteiger partial charge >= 0.3 is 0 Å². The van der Waals surface area contributed by atoms with Gasteiger partial charge in [0.2, 0.25) is 0 Å². The quantitative estimate of drug-likeness (QED) is 0.170. The van der Waals surface area contributed by atoms with Gasteiger partial charge in [-0.3, -0.25) is 0 Å². The van der Waals surface area contributed by atoms with Gasteiger partial charge in [-0.15, -0.1) is 0 Å². The van der Waals surface area contributed by atoms with Gasteiger partial charge in [0.25, 0.3) is 0 Å². The Morgan fingerprint density at radius 1 is 0.328 bits per heavy atom. The molecule has 9 aromatic rings. The van der Waals surface area contributed by atoms with Crippen LogP contribution in [0, 0.1) is 13.8 Å². The Morgan fingerprint density at radius 2 is 0.810 bits per heavy atom. The number of benzene rings is 8. The Kier molecular flexibility index (Phi) is 7.80. The van der Waals surface area contributed by atoms with E-state index in [1.807, 2.05) is 36.4 Å². The van der Waals surface area contributed by atoms with Gasteiger partial charge in [-0.1, -0.05) is 157 Å². The molecule has 1 spiro atoms. The van der Waals surface area contributed by atoms with Crippen molar-refractivity contribution in [2.24, 2.45) is 0 Å². The Labute approximate surface area is 338 Å². The minimum atomic E-state index is -0.576. The van der Waals surface area contributed by atoms with Crippen molar-refractivity contribution in [2.75, 3.05) is 4.90 Å². The van der Waals surface area contributed by atoms with Crippen molar-refractivity contribution in [1.29, 1.82) is 0 Å². The molecule has 0 atom stereocenters. The minimum Gasteiger partial charge on any atom is -0.310 e. The van der Waals surface area contributed by atoms with Gasteiger partial charge < -0.3 is 4.90 Å². The number of aromatic nitrogens is 3. The topological polar surface area (TPSA) is 41.9 Å². The SMILES string of the molecule is Cc1ccc(N(c2cccc(C)c2)c2ccc3c(c2)C2(c4ccccc4-c4ccccc42)c2cc(-c4nc(-c5ccccc5)nc(-c5ccccc5)n4)ccc2-3)cc1. The van der Waals surface area contributed by atoms with Crippen LogP contribution in [0.5, 0.6) is 0 Å². The van der Waals surface area contributed by atoms with Gasteiger partial charge in [0.15, 0.2) is 17.5 Å². The second-order valence-electron chi connectivity index (χ2n) is 15.4. The standard InChI is InChI=1S/C54H38N4/c1-35-24-27-40(28-25-35)58(41-19-13-14-36(2)32-41)42-29-31-46-45-30-26-39(53-56-51(37-15-5-3-6-16-37)55-52(57-53)38-17-7-4-8-18-38)33-49(45)54(50(46)34-42)47-22-11-9-20-43(47)44-21-10-12-23-48(44)54/h3-34H,1-2H3. The van der Waals surface area contributed by atoms with Crippen molar-refractivity contribution >= 4 is 17.1 Å². The average Bonchev–Trinajstić information content (AvgIpc) is 3.74. The van der Waals surface area contributed by atoms with Crippen molar-refractivity contribution in [3.8, 4) is 56.4 Å². The summed E-state index contributed by atoms with van der Waals surface area (Å²) in [5.41, 5.74) is 18.1. The van der Waals surface area contributed by atoms with Crippen LogP contribution in [-0.2, 0) is 5.41 Å². The smallest absolute Gasteiger partial charge is 0.164 e. The van der Waals surface area contributed by atoms with Gasteiger partial charge in [-0.25, -0.2) is 15.0 Å². The Balaban J connectivity index is 1.17. The van der Waals surface area contributed by atoms with E-state index in [0.717, 1.165) is 33.8 Å². The highest BCUT2D eigenvalue weighted by atomic mass is 15.1. The Morgan fingerprint density at radius 3 is 1.41 bits per heavy atom. The molecular weight excluding hydrogens is 705 g/mol. The highest BCUT2D eigenvalue weighted by Crippen LogP contribution is 2.63. The lowest BCUT2D eigenvalue weighted by atomic mass is 9.70. The fourth-order valence-corrected chi connectivity index (χ4v) is 9.25. The molecule has 11 rings (SSSR count). The maximum absolute atomic E-state index is 5.17. The van der Waals surface area contributed by atoms with Crippen molar-refractivity contribution in [2.45, 2.75) is 19.3 Å². The van der Waals surface area contributed by atoms with Crippen LogP contribution in [0.2, 0.25) is 0 Å².